The summed E-state index contributed by atoms with van der Waals surface area (Å²) in [4.78, 5) is 13.1. The molecule has 0 bridgehead atoms. The zero-order valence-corrected chi connectivity index (χ0v) is 15.5. The predicted octanol–water partition coefficient (Wildman–Crippen LogP) is 5.16. The van der Waals surface area contributed by atoms with Gasteiger partial charge in [0.15, 0.2) is 0 Å². The highest BCUT2D eigenvalue weighted by Gasteiger charge is 2.24. The molecule has 0 radical (unpaired) electrons. The molecule has 138 valence electrons. The second kappa shape index (κ2) is 8.06. The number of rotatable bonds is 5. The first-order chi connectivity index (χ1) is 13.7. The molecule has 28 heavy (non-hydrogen) atoms. The summed E-state index contributed by atoms with van der Waals surface area (Å²) in [6.45, 7) is 0. The average molecular weight is 390 g/mol. The van der Waals surface area contributed by atoms with Crippen molar-refractivity contribution in [3.8, 4) is 11.5 Å². The van der Waals surface area contributed by atoms with E-state index >= 15 is 0 Å². The lowest BCUT2D eigenvalue weighted by Crippen LogP contribution is -2.22. The van der Waals surface area contributed by atoms with Crippen LogP contribution < -0.4 is 5.32 Å². The van der Waals surface area contributed by atoms with E-state index in [0.717, 1.165) is 11.1 Å². The molecule has 0 aliphatic rings. The highest BCUT2D eigenvalue weighted by molar-refractivity contribution is 6.33. The Morgan fingerprint density at radius 3 is 2.00 bits per heavy atom. The van der Waals surface area contributed by atoms with Gasteiger partial charge in [0.25, 0.3) is 5.89 Å². The van der Waals surface area contributed by atoms with E-state index in [1.54, 1.807) is 12.1 Å². The molecule has 3 aromatic carbocycles. The van der Waals surface area contributed by atoms with Gasteiger partial charge in [-0.15, -0.1) is 5.10 Å². The lowest BCUT2D eigenvalue weighted by molar-refractivity contribution is -0.116. The van der Waals surface area contributed by atoms with Crippen molar-refractivity contribution in [2.45, 2.75) is 5.92 Å². The van der Waals surface area contributed by atoms with Gasteiger partial charge in [0.2, 0.25) is 5.91 Å². The number of aromatic nitrogens is 2. The third-order valence-electron chi connectivity index (χ3n) is 4.29. The number of hydrogen-bond acceptors (Lipinski definition) is 4. The van der Waals surface area contributed by atoms with Crippen molar-refractivity contribution >= 4 is 23.5 Å². The normalized spacial score (nSPS) is 10.8. The lowest BCUT2D eigenvalue weighted by Gasteiger charge is -2.16. The molecule has 0 fully saturated rings. The topological polar surface area (TPSA) is 68.0 Å². The summed E-state index contributed by atoms with van der Waals surface area (Å²) in [6, 6.07) is 26.3. The van der Waals surface area contributed by atoms with E-state index in [0.29, 0.717) is 10.6 Å². The fraction of sp³-hybridized carbons (Fsp3) is 0.0455. The number of amides is 1. The van der Waals surface area contributed by atoms with Crippen LogP contribution in [0.25, 0.3) is 11.5 Å². The minimum atomic E-state index is -0.502. The smallest absolute Gasteiger partial charge is 0.322 e. The number of benzene rings is 3. The molecule has 6 heteroatoms. The van der Waals surface area contributed by atoms with Crippen LogP contribution in [0.15, 0.2) is 89.3 Å². The fourth-order valence-electron chi connectivity index (χ4n) is 2.98. The van der Waals surface area contributed by atoms with Gasteiger partial charge in [-0.2, -0.15) is 0 Å². The summed E-state index contributed by atoms with van der Waals surface area (Å²) in [5.74, 6) is -0.512. The molecule has 5 nitrogen and oxygen atoms in total. The molecule has 1 heterocycles. The van der Waals surface area contributed by atoms with Crippen LogP contribution in [0.2, 0.25) is 5.02 Å². The monoisotopic (exact) mass is 389 g/mol. The lowest BCUT2D eigenvalue weighted by atomic mass is 9.90. The summed E-state index contributed by atoms with van der Waals surface area (Å²) in [5, 5.41) is 11.1. The first kappa shape index (κ1) is 17.9. The highest BCUT2D eigenvalue weighted by atomic mass is 35.5. The first-order valence-corrected chi connectivity index (χ1v) is 9.09. The molecule has 0 spiro atoms. The molecule has 0 saturated carbocycles. The number of carbonyl (C=O) groups excluding carboxylic acids is 1. The molecule has 1 N–H and O–H groups in total. The van der Waals surface area contributed by atoms with Crippen molar-refractivity contribution in [2.24, 2.45) is 0 Å². The van der Waals surface area contributed by atoms with E-state index < -0.39 is 5.92 Å². The summed E-state index contributed by atoms with van der Waals surface area (Å²) in [5.41, 5.74) is 2.36. The van der Waals surface area contributed by atoms with E-state index in [1.165, 1.54) is 0 Å². The second-order valence-electron chi connectivity index (χ2n) is 6.14. The Morgan fingerprint density at radius 1 is 0.821 bits per heavy atom. The number of anilines is 1. The Hall–Kier alpha value is -3.44. The molecular weight excluding hydrogens is 374 g/mol. The minimum absolute atomic E-state index is 0.0248. The van der Waals surface area contributed by atoms with Gasteiger partial charge in [0, 0.05) is 0 Å². The zero-order valence-electron chi connectivity index (χ0n) is 14.7. The maximum atomic E-state index is 13.1. The van der Waals surface area contributed by atoms with Crippen molar-refractivity contribution in [1.82, 2.24) is 10.2 Å². The van der Waals surface area contributed by atoms with Crippen LogP contribution in [0, 0.1) is 0 Å². The summed E-state index contributed by atoms with van der Waals surface area (Å²) >= 11 is 6.17. The van der Waals surface area contributed by atoms with Gasteiger partial charge in [-0.05, 0) is 23.3 Å². The van der Waals surface area contributed by atoms with E-state index in [-0.39, 0.29) is 17.8 Å². The molecule has 0 aliphatic heterocycles. The average Bonchev–Trinajstić information content (AvgIpc) is 3.18. The first-order valence-electron chi connectivity index (χ1n) is 8.71. The maximum Gasteiger partial charge on any atom is 0.322 e. The standard InChI is InChI=1S/C22H16ClN3O2/c23-18-14-8-7-13-17(18)21-25-26-22(28-21)24-20(27)19(15-9-3-1-4-10-15)16-11-5-2-6-12-16/h1-14,19H,(H,24,26,27). The number of nitrogens with one attached hydrogen (secondary N) is 1. The van der Waals surface area contributed by atoms with Crippen molar-refractivity contribution in [1.29, 1.82) is 0 Å². The van der Waals surface area contributed by atoms with Crippen LogP contribution in [-0.2, 0) is 4.79 Å². The van der Waals surface area contributed by atoms with E-state index in [9.17, 15) is 4.79 Å². The zero-order chi connectivity index (χ0) is 19.3. The SMILES string of the molecule is O=C(Nc1nnc(-c2ccccc2Cl)o1)C(c1ccccc1)c1ccccc1. The van der Waals surface area contributed by atoms with Gasteiger partial charge >= 0.3 is 6.01 Å². The van der Waals surface area contributed by atoms with Crippen LogP contribution in [0.5, 0.6) is 0 Å². The Balaban J connectivity index is 1.62. The Bertz CT molecular complexity index is 1040. The van der Waals surface area contributed by atoms with Gasteiger partial charge in [0.05, 0.1) is 16.5 Å². The van der Waals surface area contributed by atoms with Crippen molar-refractivity contribution < 1.29 is 9.21 Å². The Morgan fingerprint density at radius 2 is 1.39 bits per heavy atom. The Kier molecular flexibility index (Phi) is 5.17. The highest BCUT2D eigenvalue weighted by Crippen LogP contribution is 2.29. The molecule has 0 unspecified atom stereocenters. The molecular formula is C22H16ClN3O2. The largest absolute Gasteiger partial charge is 0.403 e. The molecule has 4 aromatic rings. The number of carbonyl (C=O) groups is 1. The minimum Gasteiger partial charge on any atom is -0.403 e. The molecule has 0 saturated heterocycles. The van der Waals surface area contributed by atoms with Gasteiger partial charge < -0.3 is 4.42 Å². The number of nitrogens with zero attached hydrogens (tertiary/aromatic N) is 2. The predicted molar refractivity (Wildman–Crippen MR) is 108 cm³/mol. The molecule has 4 rings (SSSR count). The van der Waals surface area contributed by atoms with Crippen molar-refractivity contribution in [2.75, 3.05) is 5.32 Å². The third kappa shape index (κ3) is 3.80. The van der Waals surface area contributed by atoms with Crippen molar-refractivity contribution in [3.05, 3.63) is 101 Å². The second-order valence-corrected chi connectivity index (χ2v) is 6.54. The van der Waals surface area contributed by atoms with E-state index in [4.69, 9.17) is 16.0 Å². The maximum absolute atomic E-state index is 13.1. The van der Waals surface area contributed by atoms with Gasteiger partial charge in [-0.25, -0.2) is 0 Å². The van der Waals surface area contributed by atoms with Gasteiger partial charge in [0.1, 0.15) is 0 Å². The third-order valence-corrected chi connectivity index (χ3v) is 4.62. The van der Waals surface area contributed by atoms with Crippen molar-refractivity contribution in [3.63, 3.8) is 0 Å². The van der Waals surface area contributed by atoms with Crippen LogP contribution in [0.3, 0.4) is 0 Å². The van der Waals surface area contributed by atoms with Crippen LogP contribution >= 0.6 is 11.6 Å². The summed E-state index contributed by atoms with van der Waals surface area (Å²) in [6.07, 6.45) is 0. The Labute approximate surface area is 167 Å². The van der Waals surface area contributed by atoms with E-state index in [2.05, 4.69) is 15.5 Å². The van der Waals surface area contributed by atoms with Crippen LogP contribution in [0.1, 0.15) is 17.0 Å². The van der Waals surface area contributed by atoms with Gasteiger partial charge in [-0.3, -0.25) is 10.1 Å². The summed E-state index contributed by atoms with van der Waals surface area (Å²) < 4.78 is 5.60. The number of halogens is 1. The molecule has 1 amide bonds. The van der Waals surface area contributed by atoms with Crippen LogP contribution in [0.4, 0.5) is 6.01 Å². The number of hydrogen-bond donors (Lipinski definition) is 1. The summed E-state index contributed by atoms with van der Waals surface area (Å²) in [7, 11) is 0. The van der Waals surface area contributed by atoms with Gasteiger partial charge in [-0.1, -0.05) is 89.5 Å². The molecule has 0 atom stereocenters. The molecule has 0 aliphatic carbocycles. The van der Waals surface area contributed by atoms with Crippen LogP contribution in [-0.4, -0.2) is 16.1 Å². The van der Waals surface area contributed by atoms with E-state index in [1.807, 2.05) is 72.8 Å². The fourth-order valence-corrected chi connectivity index (χ4v) is 3.20. The molecule has 1 aromatic heterocycles. The quantitative estimate of drug-likeness (QED) is 0.512.